The van der Waals surface area contributed by atoms with Gasteiger partial charge in [0.15, 0.2) is 5.78 Å². The Morgan fingerprint density at radius 3 is 2.10 bits per heavy atom. The zero-order chi connectivity index (χ0) is 28.9. The first-order valence-corrected chi connectivity index (χ1v) is 14.4. The van der Waals surface area contributed by atoms with E-state index in [0.717, 1.165) is 45.7 Å². The van der Waals surface area contributed by atoms with Crippen LogP contribution >= 0.6 is 0 Å². The lowest BCUT2D eigenvalue weighted by atomic mass is 9.82. The molecule has 0 spiro atoms. The molecule has 0 bridgehead atoms. The van der Waals surface area contributed by atoms with Gasteiger partial charge >= 0.3 is 0 Å². The molecule has 3 aromatic carbocycles. The van der Waals surface area contributed by atoms with E-state index in [0.29, 0.717) is 12.2 Å². The number of carbonyl (C=O) groups excluding carboxylic acids is 1. The lowest BCUT2D eigenvalue weighted by Crippen LogP contribution is -2.12. The van der Waals surface area contributed by atoms with Crippen LogP contribution in [0.15, 0.2) is 78.9 Å². The largest absolute Gasteiger partial charge is 0.489 e. The molecule has 5 rings (SSSR count). The molecule has 0 saturated heterocycles. The van der Waals surface area contributed by atoms with Gasteiger partial charge in [0.05, 0.1) is 5.52 Å². The Labute approximate surface area is 240 Å². The Morgan fingerprint density at radius 1 is 0.875 bits per heavy atom. The van der Waals surface area contributed by atoms with Crippen LogP contribution in [0, 0.1) is 18.8 Å². The maximum absolute atomic E-state index is 11.1. The van der Waals surface area contributed by atoms with Crippen molar-refractivity contribution >= 4 is 22.5 Å². The zero-order valence-corrected chi connectivity index (χ0v) is 25.1. The maximum atomic E-state index is 11.1. The summed E-state index contributed by atoms with van der Waals surface area (Å²) in [5, 5.41) is 1.10. The van der Waals surface area contributed by atoms with E-state index in [4.69, 9.17) is 4.74 Å². The number of anilines is 1. The van der Waals surface area contributed by atoms with E-state index in [2.05, 4.69) is 23.8 Å². The Bertz CT molecular complexity index is 1310. The van der Waals surface area contributed by atoms with Gasteiger partial charge in [-0.3, -0.25) is 4.79 Å². The van der Waals surface area contributed by atoms with Gasteiger partial charge in [-0.2, -0.15) is 0 Å². The summed E-state index contributed by atoms with van der Waals surface area (Å²) in [6.45, 7) is 8.71. The molecule has 5 heteroatoms. The SMILES string of the molecule is CC(=O)c1ccc(OCc2ccccc2)cc1.CCC1CCC(C)CC1.Cc1nc(N(C)C)c2ccccc2n1. The Morgan fingerprint density at radius 2 is 1.50 bits per heavy atom. The molecule has 0 radical (unpaired) electrons. The number of para-hydroxylation sites is 1. The van der Waals surface area contributed by atoms with Gasteiger partial charge in [-0.05, 0) is 67.6 Å². The predicted molar refractivity (Wildman–Crippen MR) is 167 cm³/mol. The van der Waals surface area contributed by atoms with E-state index in [1.54, 1.807) is 19.1 Å². The highest BCUT2D eigenvalue weighted by Crippen LogP contribution is 2.29. The first-order valence-electron chi connectivity index (χ1n) is 14.4. The third-order valence-electron chi connectivity index (χ3n) is 7.34. The van der Waals surface area contributed by atoms with Gasteiger partial charge in [0.25, 0.3) is 0 Å². The first-order chi connectivity index (χ1) is 19.3. The van der Waals surface area contributed by atoms with E-state index < -0.39 is 0 Å². The number of benzene rings is 3. The first kappa shape index (κ1) is 30.8. The van der Waals surface area contributed by atoms with Crippen molar-refractivity contribution in [1.82, 2.24) is 9.97 Å². The van der Waals surface area contributed by atoms with Gasteiger partial charge in [-0.25, -0.2) is 9.97 Å². The van der Waals surface area contributed by atoms with E-state index in [-0.39, 0.29) is 5.78 Å². The van der Waals surface area contributed by atoms with Crippen LogP contribution in [0.5, 0.6) is 5.75 Å². The highest BCUT2D eigenvalue weighted by Gasteiger charge is 2.15. The van der Waals surface area contributed by atoms with Crippen molar-refractivity contribution in [1.29, 1.82) is 0 Å². The normalized spacial score (nSPS) is 16.1. The van der Waals surface area contributed by atoms with E-state index in [1.807, 2.05) is 92.6 Å². The molecule has 1 heterocycles. The minimum absolute atomic E-state index is 0.0691. The molecule has 1 aliphatic rings. The standard InChI is InChI=1S/C15H14O2.C11H13N3.C9H18/c1-12(16)14-7-9-15(10-8-14)17-11-13-5-3-2-4-6-13;1-8-12-10-7-5-4-6-9(10)11(13-8)14(2)3;1-3-9-6-4-8(2)5-7-9/h2-10H,11H2,1H3;4-7H,1-3H3;8-9H,3-7H2,1-2H3. The summed E-state index contributed by atoms with van der Waals surface area (Å²) in [6, 6.07) is 25.2. The van der Waals surface area contributed by atoms with Crippen molar-refractivity contribution in [2.45, 2.75) is 66.4 Å². The highest BCUT2D eigenvalue weighted by atomic mass is 16.5. The maximum Gasteiger partial charge on any atom is 0.159 e. The molecule has 0 atom stereocenters. The number of ketones is 1. The molecular weight excluding hydrogens is 494 g/mol. The van der Waals surface area contributed by atoms with Gasteiger partial charge in [0.2, 0.25) is 0 Å². The number of carbonyl (C=O) groups is 1. The summed E-state index contributed by atoms with van der Waals surface area (Å²) in [4.78, 5) is 21.9. The van der Waals surface area contributed by atoms with E-state index in [1.165, 1.54) is 32.1 Å². The number of rotatable bonds is 6. The summed E-state index contributed by atoms with van der Waals surface area (Å²) in [5.41, 5.74) is 2.84. The summed E-state index contributed by atoms with van der Waals surface area (Å²) < 4.78 is 5.62. The summed E-state index contributed by atoms with van der Waals surface area (Å²) in [5.74, 6) is 4.73. The monoisotopic (exact) mass is 539 g/mol. The van der Waals surface area contributed by atoms with Crippen LogP contribution in [0.1, 0.15) is 74.6 Å². The number of nitrogens with zero attached hydrogens (tertiary/aromatic N) is 3. The summed E-state index contributed by atoms with van der Waals surface area (Å²) in [6.07, 6.45) is 7.37. The van der Waals surface area contributed by atoms with Crippen molar-refractivity contribution in [3.8, 4) is 5.75 Å². The quantitative estimate of drug-likeness (QED) is 0.229. The third kappa shape index (κ3) is 9.78. The smallest absolute Gasteiger partial charge is 0.159 e. The number of hydrogen-bond donors (Lipinski definition) is 0. The van der Waals surface area contributed by atoms with Crippen molar-refractivity contribution in [3.63, 3.8) is 0 Å². The van der Waals surface area contributed by atoms with Crippen molar-refractivity contribution in [3.05, 3.63) is 95.8 Å². The molecule has 5 nitrogen and oxygen atoms in total. The van der Waals surface area contributed by atoms with Crippen LogP contribution in [0.4, 0.5) is 5.82 Å². The topological polar surface area (TPSA) is 55.3 Å². The van der Waals surface area contributed by atoms with Crippen molar-refractivity contribution < 1.29 is 9.53 Å². The lowest BCUT2D eigenvalue weighted by Gasteiger charge is -2.24. The Balaban J connectivity index is 0.000000173. The van der Waals surface area contributed by atoms with Crippen LogP contribution in [0.25, 0.3) is 10.9 Å². The molecule has 0 aliphatic heterocycles. The van der Waals surface area contributed by atoms with Crippen LogP contribution < -0.4 is 9.64 Å². The molecule has 1 saturated carbocycles. The fraction of sp³-hybridized carbons (Fsp3) is 0.400. The Hall–Kier alpha value is -3.73. The average Bonchev–Trinajstić information content (AvgIpc) is 2.97. The van der Waals surface area contributed by atoms with Gasteiger partial charge < -0.3 is 9.64 Å². The highest BCUT2D eigenvalue weighted by molar-refractivity contribution is 5.94. The second-order valence-electron chi connectivity index (χ2n) is 10.9. The fourth-order valence-electron chi connectivity index (χ4n) is 4.78. The average molecular weight is 540 g/mol. The van der Waals surface area contributed by atoms with E-state index >= 15 is 0 Å². The van der Waals surface area contributed by atoms with E-state index in [9.17, 15) is 4.79 Å². The number of hydrogen-bond acceptors (Lipinski definition) is 5. The second-order valence-corrected chi connectivity index (χ2v) is 10.9. The Kier molecular flexibility index (Phi) is 12.1. The number of Topliss-reactive ketones (excluding diaryl/α,β-unsaturated/α-hetero) is 1. The molecule has 0 amide bonds. The van der Waals surface area contributed by atoms with Gasteiger partial charge in [-0.15, -0.1) is 0 Å². The van der Waals surface area contributed by atoms with Crippen molar-refractivity contribution in [2.75, 3.05) is 19.0 Å². The molecule has 4 aromatic rings. The number of aromatic nitrogens is 2. The minimum Gasteiger partial charge on any atom is -0.489 e. The minimum atomic E-state index is 0.0691. The molecular formula is C35H45N3O2. The molecule has 0 N–H and O–H groups in total. The van der Waals surface area contributed by atoms with Crippen LogP contribution in [0.2, 0.25) is 0 Å². The lowest BCUT2D eigenvalue weighted by molar-refractivity contribution is 0.101. The second kappa shape index (κ2) is 15.8. The van der Waals surface area contributed by atoms with Crippen LogP contribution in [0.3, 0.4) is 0 Å². The molecule has 1 aliphatic carbocycles. The number of ether oxygens (including phenoxy) is 1. The zero-order valence-electron chi connectivity index (χ0n) is 25.1. The number of fused-ring (bicyclic) bond motifs is 1. The molecule has 1 fully saturated rings. The van der Waals surface area contributed by atoms with Gasteiger partial charge in [0, 0.05) is 25.0 Å². The predicted octanol–water partition coefficient (Wildman–Crippen LogP) is 8.70. The van der Waals surface area contributed by atoms with Crippen molar-refractivity contribution in [2.24, 2.45) is 11.8 Å². The third-order valence-corrected chi connectivity index (χ3v) is 7.34. The van der Waals surface area contributed by atoms with Gasteiger partial charge in [0.1, 0.15) is 24.0 Å². The fourth-order valence-corrected chi connectivity index (χ4v) is 4.78. The van der Waals surface area contributed by atoms with Gasteiger partial charge in [-0.1, -0.05) is 88.4 Å². The summed E-state index contributed by atoms with van der Waals surface area (Å²) in [7, 11) is 3.99. The van der Waals surface area contributed by atoms with Crippen LogP contribution in [-0.2, 0) is 6.61 Å². The molecule has 212 valence electrons. The molecule has 0 unspecified atom stereocenters. The van der Waals surface area contributed by atoms with Crippen LogP contribution in [-0.4, -0.2) is 29.8 Å². The summed E-state index contributed by atoms with van der Waals surface area (Å²) >= 11 is 0. The number of aryl methyl sites for hydroxylation is 1. The molecule has 40 heavy (non-hydrogen) atoms. The molecule has 1 aromatic heterocycles.